The van der Waals surface area contributed by atoms with Gasteiger partial charge in [0, 0.05) is 18.5 Å². The van der Waals surface area contributed by atoms with E-state index in [1.807, 2.05) is 0 Å². The Hall–Kier alpha value is -1.50. The van der Waals surface area contributed by atoms with Crippen LogP contribution in [0.3, 0.4) is 0 Å². The van der Waals surface area contributed by atoms with Gasteiger partial charge in [-0.15, -0.1) is 0 Å². The zero-order valence-electron chi connectivity index (χ0n) is 12.6. The molecule has 0 bridgehead atoms. The zero-order chi connectivity index (χ0) is 15.5. The molecular formula is C15H21ClN4O2. The number of piperidine rings is 1. The molecule has 6 nitrogen and oxygen atoms in total. The van der Waals surface area contributed by atoms with Crippen molar-refractivity contribution >= 4 is 23.1 Å². The van der Waals surface area contributed by atoms with Gasteiger partial charge in [0.15, 0.2) is 12.1 Å². The number of benzene rings is 1. The first-order valence-corrected chi connectivity index (χ1v) is 7.91. The fourth-order valence-electron chi connectivity index (χ4n) is 2.84. The third-order valence-corrected chi connectivity index (χ3v) is 4.36. The Morgan fingerprint density at radius 1 is 1.45 bits per heavy atom. The summed E-state index contributed by atoms with van der Waals surface area (Å²) in [6, 6.07) is 3.89. The molecule has 1 fully saturated rings. The van der Waals surface area contributed by atoms with Gasteiger partial charge in [-0.2, -0.15) is 0 Å². The number of nitrogens with zero attached hydrogens (tertiary/aromatic N) is 1. The van der Waals surface area contributed by atoms with Crippen LogP contribution in [0.25, 0.3) is 0 Å². The number of hydroxylamine groups is 1. The van der Waals surface area contributed by atoms with Gasteiger partial charge in [0.1, 0.15) is 5.75 Å². The topological polar surface area (TPSA) is 80.9 Å². The number of methoxy groups -OCH3 is 1. The summed E-state index contributed by atoms with van der Waals surface area (Å²) in [4.78, 5) is 10.2. The highest BCUT2D eigenvalue weighted by Crippen LogP contribution is 2.30. The summed E-state index contributed by atoms with van der Waals surface area (Å²) < 4.78 is 5.35. The fourth-order valence-corrected chi connectivity index (χ4v) is 3.00. The number of halogens is 1. The van der Waals surface area contributed by atoms with E-state index in [0.717, 1.165) is 18.5 Å². The molecule has 0 aliphatic carbocycles. The van der Waals surface area contributed by atoms with Gasteiger partial charge in [0.2, 0.25) is 0 Å². The summed E-state index contributed by atoms with van der Waals surface area (Å²) in [6.45, 7) is 1.07. The van der Waals surface area contributed by atoms with E-state index in [1.54, 1.807) is 19.2 Å². The molecular weight excluding hydrogens is 304 g/mol. The number of nitrogen functional groups attached to an aromatic ring is 1. The number of anilines is 1. The molecule has 2 unspecified atom stereocenters. The van der Waals surface area contributed by atoms with Crippen molar-refractivity contribution in [1.29, 1.82) is 0 Å². The average molecular weight is 325 g/mol. The normalized spacial score (nSPS) is 24.7. The van der Waals surface area contributed by atoms with Crippen molar-refractivity contribution in [2.75, 3.05) is 19.4 Å². The quantitative estimate of drug-likeness (QED) is 0.739. The van der Waals surface area contributed by atoms with Gasteiger partial charge < -0.3 is 15.8 Å². The molecule has 2 heterocycles. The molecule has 4 N–H and O–H groups in total. The van der Waals surface area contributed by atoms with Crippen LogP contribution in [0, 0.1) is 0 Å². The summed E-state index contributed by atoms with van der Waals surface area (Å²) in [5, 5.41) is 3.97. The third-order valence-electron chi connectivity index (χ3n) is 4.04. The highest BCUT2D eigenvalue weighted by molar-refractivity contribution is 6.33. The van der Waals surface area contributed by atoms with Crippen LogP contribution < -0.4 is 21.3 Å². The van der Waals surface area contributed by atoms with Crippen LogP contribution in [-0.2, 0) is 4.84 Å². The number of ether oxygens (including phenoxy) is 1. The molecule has 22 heavy (non-hydrogen) atoms. The first kappa shape index (κ1) is 15.4. The second-order valence-electron chi connectivity index (χ2n) is 5.61. The summed E-state index contributed by atoms with van der Waals surface area (Å²) >= 11 is 6.10. The molecule has 7 heteroatoms. The van der Waals surface area contributed by atoms with Gasteiger partial charge >= 0.3 is 0 Å². The molecule has 0 aromatic heterocycles. The molecule has 0 amide bonds. The number of aliphatic imine (C=N–C) groups is 1. The molecule has 2 aliphatic heterocycles. The second kappa shape index (κ2) is 6.73. The summed E-state index contributed by atoms with van der Waals surface area (Å²) in [7, 11) is 1.59. The minimum absolute atomic E-state index is 0.202. The van der Waals surface area contributed by atoms with Crippen molar-refractivity contribution in [3.63, 3.8) is 0 Å². The fraction of sp³-hybridized carbons (Fsp3) is 0.533. The van der Waals surface area contributed by atoms with Crippen molar-refractivity contribution < 1.29 is 9.57 Å². The number of hydrogen-bond acceptors (Lipinski definition) is 6. The Morgan fingerprint density at radius 3 is 3.05 bits per heavy atom. The van der Waals surface area contributed by atoms with Crippen LogP contribution >= 0.6 is 11.6 Å². The van der Waals surface area contributed by atoms with Gasteiger partial charge in [-0.25, -0.2) is 15.3 Å². The summed E-state index contributed by atoms with van der Waals surface area (Å²) in [6.07, 6.45) is 4.32. The van der Waals surface area contributed by atoms with Gasteiger partial charge in [0.25, 0.3) is 0 Å². The third kappa shape index (κ3) is 3.29. The first-order chi connectivity index (χ1) is 10.7. The van der Waals surface area contributed by atoms with Gasteiger partial charge in [-0.1, -0.05) is 18.0 Å². The Morgan fingerprint density at radius 2 is 2.32 bits per heavy atom. The van der Waals surface area contributed by atoms with E-state index in [9.17, 15) is 0 Å². The van der Waals surface area contributed by atoms with Gasteiger partial charge in [0.05, 0.1) is 23.4 Å². The van der Waals surface area contributed by atoms with Crippen LogP contribution in [-0.4, -0.2) is 31.8 Å². The van der Waals surface area contributed by atoms with E-state index in [4.69, 9.17) is 26.9 Å². The molecule has 120 valence electrons. The number of amidine groups is 1. The van der Waals surface area contributed by atoms with Gasteiger partial charge in [-0.05, 0) is 25.5 Å². The molecule has 1 aromatic carbocycles. The maximum Gasteiger partial charge on any atom is 0.178 e. The van der Waals surface area contributed by atoms with Crippen molar-refractivity contribution in [3.05, 3.63) is 22.7 Å². The monoisotopic (exact) mass is 324 g/mol. The molecule has 1 aromatic rings. The number of hydrogen-bond donors (Lipinski definition) is 3. The molecule has 1 saturated heterocycles. The smallest absolute Gasteiger partial charge is 0.178 e. The SMILES string of the molecule is COc1cc(N)c(Cl)cc1C1=NC(CC2CCCCN2)ON1. The van der Waals surface area contributed by atoms with Crippen LogP contribution in [0.15, 0.2) is 17.1 Å². The largest absolute Gasteiger partial charge is 0.496 e. The Kier molecular flexibility index (Phi) is 4.71. The predicted molar refractivity (Wildman–Crippen MR) is 87.2 cm³/mol. The number of rotatable bonds is 4. The Labute approximate surface area is 135 Å². The minimum Gasteiger partial charge on any atom is -0.496 e. The number of nitrogens with two attached hydrogens (primary N) is 1. The van der Waals surface area contributed by atoms with E-state index in [0.29, 0.717) is 28.3 Å². The lowest BCUT2D eigenvalue weighted by Crippen LogP contribution is -2.36. The lowest BCUT2D eigenvalue weighted by atomic mass is 10.0. The highest BCUT2D eigenvalue weighted by Gasteiger charge is 2.25. The zero-order valence-corrected chi connectivity index (χ0v) is 13.3. The minimum atomic E-state index is -0.202. The molecule has 3 rings (SSSR count). The molecule has 0 radical (unpaired) electrons. The van der Waals surface area contributed by atoms with Gasteiger partial charge in [-0.3, -0.25) is 0 Å². The van der Waals surface area contributed by atoms with Crippen molar-refractivity contribution in [2.45, 2.75) is 38.0 Å². The van der Waals surface area contributed by atoms with Crippen LogP contribution in [0.5, 0.6) is 5.75 Å². The predicted octanol–water partition coefficient (Wildman–Crippen LogP) is 2.07. The van der Waals surface area contributed by atoms with Crippen molar-refractivity contribution in [3.8, 4) is 5.75 Å². The van der Waals surface area contributed by atoms with Crippen molar-refractivity contribution in [1.82, 2.24) is 10.8 Å². The van der Waals surface area contributed by atoms with Crippen LogP contribution in [0.1, 0.15) is 31.2 Å². The van der Waals surface area contributed by atoms with Crippen molar-refractivity contribution in [2.24, 2.45) is 4.99 Å². The second-order valence-corrected chi connectivity index (χ2v) is 6.02. The summed E-state index contributed by atoms with van der Waals surface area (Å²) in [5.41, 5.74) is 9.91. The van der Waals surface area contributed by atoms with Crippen LogP contribution in [0.2, 0.25) is 5.02 Å². The van der Waals surface area contributed by atoms with E-state index in [2.05, 4.69) is 15.8 Å². The standard InChI is InChI=1S/C15H21ClN4O2/c1-21-13-8-12(17)11(16)7-10(13)15-19-14(22-20-15)6-9-4-2-3-5-18-9/h7-9,14,18H,2-6,17H2,1H3,(H,19,20). The number of nitrogens with one attached hydrogen (secondary N) is 2. The highest BCUT2D eigenvalue weighted by atomic mass is 35.5. The van der Waals surface area contributed by atoms with E-state index in [-0.39, 0.29) is 6.23 Å². The lowest BCUT2D eigenvalue weighted by Gasteiger charge is -2.24. The van der Waals surface area contributed by atoms with E-state index in [1.165, 1.54) is 19.3 Å². The maximum absolute atomic E-state index is 6.10. The molecule has 0 spiro atoms. The Bertz CT molecular complexity index is 573. The first-order valence-electron chi connectivity index (χ1n) is 7.53. The molecule has 0 saturated carbocycles. The average Bonchev–Trinajstić information content (AvgIpc) is 2.99. The van der Waals surface area contributed by atoms with Crippen LogP contribution in [0.4, 0.5) is 5.69 Å². The van der Waals surface area contributed by atoms with E-state index < -0.39 is 0 Å². The Balaban J connectivity index is 1.75. The molecule has 2 atom stereocenters. The van der Waals surface area contributed by atoms with E-state index >= 15 is 0 Å². The summed E-state index contributed by atoms with van der Waals surface area (Å²) in [5.74, 6) is 1.24. The maximum atomic E-state index is 6.10. The molecule has 2 aliphatic rings. The lowest BCUT2D eigenvalue weighted by molar-refractivity contribution is 0.0253.